The lowest BCUT2D eigenvalue weighted by Crippen LogP contribution is -2.27. The molecule has 3 aromatic rings. The van der Waals surface area contributed by atoms with E-state index in [0.717, 1.165) is 36.4 Å². The van der Waals surface area contributed by atoms with Crippen molar-refractivity contribution in [2.45, 2.75) is 25.7 Å². The van der Waals surface area contributed by atoms with Crippen molar-refractivity contribution in [3.63, 3.8) is 0 Å². The number of nitrogens with zero attached hydrogens (tertiary/aromatic N) is 2. The zero-order chi connectivity index (χ0) is 19.3. The van der Waals surface area contributed by atoms with Gasteiger partial charge in [0, 0.05) is 31.3 Å². The van der Waals surface area contributed by atoms with Gasteiger partial charge in [0.2, 0.25) is 5.91 Å². The molecule has 1 aliphatic heterocycles. The second kappa shape index (κ2) is 8.39. The lowest BCUT2D eigenvalue weighted by Gasteiger charge is -2.15. The molecule has 0 bridgehead atoms. The van der Waals surface area contributed by atoms with Gasteiger partial charge in [-0.15, -0.1) is 11.3 Å². The molecule has 1 N–H and O–H groups in total. The van der Waals surface area contributed by atoms with Crippen LogP contribution < -0.4 is 5.32 Å². The van der Waals surface area contributed by atoms with Gasteiger partial charge in [-0.2, -0.15) is 0 Å². The minimum atomic E-state index is -0.316. The van der Waals surface area contributed by atoms with E-state index >= 15 is 0 Å². The summed E-state index contributed by atoms with van der Waals surface area (Å²) in [6, 6.07) is 13.0. The minimum absolute atomic E-state index is 0.224. The van der Waals surface area contributed by atoms with Crippen LogP contribution in [0.15, 0.2) is 52.4 Å². The maximum Gasteiger partial charge on any atom is 0.277 e. The van der Waals surface area contributed by atoms with Crippen LogP contribution in [0.5, 0.6) is 0 Å². The highest BCUT2D eigenvalue weighted by Crippen LogP contribution is 2.25. The molecule has 144 valence electrons. The van der Waals surface area contributed by atoms with Crippen LogP contribution in [-0.4, -0.2) is 35.0 Å². The lowest BCUT2D eigenvalue weighted by molar-refractivity contribution is -0.130. The second-order valence-electron chi connectivity index (χ2n) is 6.79. The first-order chi connectivity index (χ1) is 13.7. The van der Waals surface area contributed by atoms with Crippen LogP contribution in [0.1, 0.15) is 35.3 Å². The third kappa shape index (κ3) is 4.31. The Bertz CT molecular complexity index is 942. The van der Waals surface area contributed by atoms with Crippen molar-refractivity contribution in [1.82, 2.24) is 10.1 Å². The average molecular weight is 395 g/mol. The first kappa shape index (κ1) is 18.4. The molecule has 0 atom stereocenters. The zero-order valence-electron chi connectivity index (χ0n) is 15.4. The maximum atomic E-state index is 12.4. The van der Waals surface area contributed by atoms with Gasteiger partial charge in [-0.05, 0) is 48.4 Å². The van der Waals surface area contributed by atoms with E-state index in [0.29, 0.717) is 24.3 Å². The number of benzene rings is 1. The highest BCUT2D eigenvalue weighted by Gasteiger charge is 2.17. The number of hydrogen-bond acceptors (Lipinski definition) is 5. The number of aryl methyl sites for hydroxylation is 1. The Morgan fingerprint density at radius 1 is 1.14 bits per heavy atom. The van der Waals surface area contributed by atoms with Crippen molar-refractivity contribution in [1.29, 1.82) is 0 Å². The molecule has 3 heterocycles. The van der Waals surface area contributed by atoms with E-state index in [1.165, 1.54) is 11.3 Å². The van der Waals surface area contributed by atoms with Crippen molar-refractivity contribution in [2.75, 3.05) is 18.4 Å². The number of hydrogen-bond donors (Lipinski definition) is 1. The molecule has 0 saturated carbocycles. The number of anilines is 1. The molecule has 7 heteroatoms. The standard InChI is InChI=1S/C21H21N3O3S/c25-20(24-11-1-2-12-24)10-7-15-5-8-16(9-6-15)22-21(26)17-14-18(27-23-17)19-4-3-13-28-19/h3-6,8-9,13-14H,1-2,7,10-12H2,(H,22,26). The molecule has 1 saturated heterocycles. The lowest BCUT2D eigenvalue weighted by atomic mass is 10.1. The smallest absolute Gasteiger partial charge is 0.277 e. The topological polar surface area (TPSA) is 75.4 Å². The summed E-state index contributed by atoms with van der Waals surface area (Å²) in [4.78, 5) is 27.4. The van der Waals surface area contributed by atoms with Gasteiger partial charge in [0.25, 0.3) is 5.91 Å². The van der Waals surface area contributed by atoms with Crippen LogP contribution in [0.3, 0.4) is 0 Å². The quantitative estimate of drug-likeness (QED) is 0.678. The summed E-state index contributed by atoms with van der Waals surface area (Å²) < 4.78 is 5.25. The summed E-state index contributed by atoms with van der Waals surface area (Å²) in [6.07, 6.45) is 3.45. The van der Waals surface area contributed by atoms with Crippen molar-refractivity contribution >= 4 is 28.8 Å². The van der Waals surface area contributed by atoms with Crippen LogP contribution >= 0.6 is 11.3 Å². The first-order valence-electron chi connectivity index (χ1n) is 9.38. The molecule has 2 amide bonds. The molecular formula is C21H21N3O3S. The SMILES string of the molecule is O=C(Nc1ccc(CCC(=O)N2CCCC2)cc1)c1cc(-c2cccs2)on1. The average Bonchev–Trinajstić information content (AvgIpc) is 3.49. The predicted molar refractivity (Wildman–Crippen MR) is 108 cm³/mol. The number of aromatic nitrogens is 1. The summed E-state index contributed by atoms with van der Waals surface area (Å²) in [5.41, 5.74) is 2.00. The van der Waals surface area contributed by atoms with Crippen molar-refractivity contribution < 1.29 is 14.1 Å². The number of nitrogens with one attached hydrogen (secondary N) is 1. The Morgan fingerprint density at radius 2 is 1.93 bits per heavy atom. The minimum Gasteiger partial charge on any atom is -0.355 e. The molecule has 2 aromatic heterocycles. The van der Waals surface area contributed by atoms with Gasteiger partial charge in [0.05, 0.1) is 4.88 Å². The molecule has 6 nitrogen and oxygen atoms in total. The number of carbonyl (C=O) groups is 2. The normalized spacial score (nSPS) is 13.6. The predicted octanol–water partition coefficient (Wildman–Crippen LogP) is 4.21. The fourth-order valence-corrected chi connectivity index (χ4v) is 3.92. The highest BCUT2D eigenvalue weighted by atomic mass is 32.1. The third-order valence-corrected chi connectivity index (χ3v) is 5.69. The van der Waals surface area contributed by atoms with Gasteiger partial charge >= 0.3 is 0 Å². The Balaban J connectivity index is 1.31. The van der Waals surface area contributed by atoms with E-state index in [4.69, 9.17) is 4.52 Å². The van der Waals surface area contributed by atoms with Crippen molar-refractivity contribution in [2.24, 2.45) is 0 Å². The van der Waals surface area contributed by atoms with Gasteiger partial charge in [-0.1, -0.05) is 23.4 Å². The Labute approximate surface area is 167 Å². The summed E-state index contributed by atoms with van der Waals surface area (Å²) in [5.74, 6) is 0.490. The number of rotatable bonds is 6. The van der Waals surface area contributed by atoms with E-state index in [9.17, 15) is 9.59 Å². The molecule has 1 aromatic carbocycles. The van der Waals surface area contributed by atoms with Crippen LogP contribution in [0, 0.1) is 0 Å². The van der Waals surface area contributed by atoms with Crippen LogP contribution in [0.2, 0.25) is 0 Å². The molecular weight excluding hydrogens is 374 g/mol. The molecule has 0 unspecified atom stereocenters. The number of likely N-dealkylation sites (tertiary alicyclic amines) is 1. The largest absolute Gasteiger partial charge is 0.355 e. The van der Waals surface area contributed by atoms with Gasteiger partial charge in [0.15, 0.2) is 11.5 Å². The summed E-state index contributed by atoms with van der Waals surface area (Å²) >= 11 is 1.53. The molecule has 4 rings (SSSR count). The fraction of sp³-hybridized carbons (Fsp3) is 0.286. The van der Waals surface area contributed by atoms with Gasteiger partial charge in [-0.3, -0.25) is 9.59 Å². The number of thiophene rings is 1. The number of carbonyl (C=O) groups excluding carboxylic acids is 2. The van der Waals surface area contributed by atoms with E-state index < -0.39 is 0 Å². The van der Waals surface area contributed by atoms with Gasteiger partial charge in [0.1, 0.15) is 0 Å². The van der Waals surface area contributed by atoms with Crippen molar-refractivity contribution in [3.05, 3.63) is 59.1 Å². The van der Waals surface area contributed by atoms with Crippen LogP contribution in [0.25, 0.3) is 10.6 Å². The Kier molecular flexibility index (Phi) is 5.53. The zero-order valence-corrected chi connectivity index (χ0v) is 16.2. The van der Waals surface area contributed by atoms with Gasteiger partial charge < -0.3 is 14.7 Å². The summed E-state index contributed by atoms with van der Waals surface area (Å²) in [7, 11) is 0. The maximum absolute atomic E-state index is 12.4. The molecule has 0 radical (unpaired) electrons. The highest BCUT2D eigenvalue weighted by molar-refractivity contribution is 7.13. The van der Waals surface area contributed by atoms with Gasteiger partial charge in [-0.25, -0.2) is 0 Å². The molecule has 1 aliphatic rings. The summed E-state index contributed by atoms with van der Waals surface area (Å²) in [5, 5.41) is 8.61. The van der Waals surface area contributed by atoms with Crippen LogP contribution in [-0.2, 0) is 11.2 Å². The van der Waals surface area contributed by atoms with E-state index in [1.807, 2.05) is 46.7 Å². The number of amides is 2. The fourth-order valence-electron chi connectivity index (χ4n) is 3.24. The molecule has 28 heavy (non-hydrogen) atoms. The molecule has 0 spiro atoms. The van der Waals surface area contributed by atoms with E-state index in [2.05, 4.69) is 10.5 Å². The molecule has 1 fully saturated rings. The van der Waals surface area contributed by atoms with E-state index in [-0.39, 0.29) is 17.5 Å². The summed E-state index contributed by atoms with van der Waals surface area (Å²) in [6.45, 7) is 1.78. The van der Waals surface area contributed by atoms with Crippen molar-refractivity contribution in [3.8, 4) is 10.6 Å². The van der Waals surface area contributed by atoms with Crippen LogP contribution in [0.4, 0.5) is 5.69 Å². The molecule has 0 aliphatic carbocycles. The van der Waals surface area contributed by atoms with E-state index in [1.54, 1.807) is 6.07 Å². The first-order valence-corrected chi connectivity index (χ1v) is 10.3. The second-order valence-corrected chi connectivity index (χ2v) is 7.74. The monoisotopic (exact) mass is 395 g/mol. The Hall–Kier alpha value is -2.93. The third-order valence-electron chi connectivity index (χ3n) is 4.80. The Morgan fingerprint density at radius 3 is 2.64 bits per heavy atom.